The zero-order chi connectivity index (χ0) is 8.43. The van der Waals surface area contributed by atoms with Gasteiger partial charge in [0.2, 0.25) is 0 Å². The van der Waals surface area contributed by atoms with E-state index in [0.29, 0.717) is 5.69 Å². The van der Waals surface area contributed by atoms with Crippen LogP contribution >= 0.6 is 0 Å². The quantitative estimate of drug-likeness (QED) is 0.445. The molecule has 0 saturated carbocycles. The summed E-state index contributed by atoms with van der Waals surface area (Å²) in [6.07, 6.45) is 0. The minimum absolute atomic E-state index is 0.0671. The SMILES string of the molecule is CN(O)c1cccc([O-])c1N. The van der Waals surface area contributed by atoms with Crippen molar-refractivity contribution in [1.29, 1.82) is 0 Å². The van der Waals surface area contributed by atoms with Crippen molar-refractivity contribution < 1.29 is 10.3 Å². The summed E-state index contributed by atoms with van der Waals surface area (Å²) in [6.45, 7) is 0. The molecule has 11 heavy (non-hydrogen) atoms. The van der Waals surface area contributed by atoms with Gasteiger partial charge in [0.1, 0.15) is 0 Å². The van der Waals surface area contributed by atoms with Crippen molar-refractivity contribution in [2.75, 3.05) is 17.8 Å². The van der Waals surface area contributed by atoms with Crippen LogP contribution in [0.25, 0.3) is 0 Å². The summed E-state index contributed by atoms with van der Waals surface area (Å²) in [5, 5.41) is 20.6. The Kier molecular flexibility index (Phi) is 1.87. The molecule has 60 valence electrons. The first-order chi connectivity index (χ1) is 5.13. The third-order valence-corrected chi connectivity index (χ3v) is 1.39. The van der Waals surface area contributed by atoms with E-state index in [1.54, 1.807) is 12.1 Å². The molecule has 4 nitrogen and oxygen atoms in total. The van der Waals surface area contributed by atoms with Gasteiger partial charge in [0.05, 0.1) is 5.69 Å². The van der Waals surface area contributed by atoms with Crippen LogP contribution in [-0.4, -0.2) is 12.3 Å². The molecule has 0 unspecified atom stereocenters. The number of nitrogens with two attached hydrogens (primary N) is 1. The first-order valence-corrected chi connectivity index (χ1v) is 3.11. The van der Waals surface area contributed by atoms with Crippen molar-refractivity contribution in [2.24, 2.45) is 0 Å². The smallest absolute Gasteiger partial charge is 0.0853 e. The molecule has 0 spiro atoms. The van der Waals surface area contributed by atoms with Crippen LogP contribution in [0.5, 0.6) is 5.75 Å². The average Bonchev–Trinajstić information content (AvgIpc) is 1.94. The van der Waals surface area contributed by atoms with E-state index < -0.39 is 0 Å². The Balaban J connectivity index is 3.17. The van der Waals surface area contributed by atoms with E-state index in [0.717, 1.165) is 5.06 Å². The van der Waals surface area contributed by atoms with E-state index >= 15 is 0 Å². The summed E-state index contributed by atoms with van der Waals surface area (Å²) in [7, 11) is 1.41. The number of anilines is 2. The van der Waals surface area contributed by atoms with Crippen molar-refractivity contribution in [1.82, 2.24) is 0 Å². The predicted molar refractivity (Wildman–Crippen MR) is 40.5 cm³/mol. The number of hydrogen-bond acceptors (Lipinski definition) is 4. The third kappa shape index (κ3) is 1.35. The van der Waals surface area contributed by atoms with E-state index in [1.165, 1.54) is 13.1 Å². The maximum absolute atomic E-state index is 10.9. The highest BCUT2D eigenvalue weighted by molar-refractivity contribution is 5.71. The molecule has 0 amide bonds. The van der Waals surface area contributed by atoms with Gasteiger partial charge in [-0.15, -0.1) is 0 Å². The molecule has 0 aliphatic rings. The van der Waals surface area contributed by atoms with Crippen molar-refractivity contribution in [3.63, 3.8) is 0 Å². The highest BCUT2D eigenvalue weighted by Crippen LogP contribution is 2.27. The van der Waals surface area contributed by atoms with Gasteiger partial charge in [0.25, 0.3) is 0 Å². The van der Waals surface area contributed by atoms with Gasteiger partial charge in [-0.05, 0) is 6.07 Å². The van der Waals surface area contributed by atoms with Gasteiger partial charge in [-0.3, -0.25) is 10.3 Å². The van der Waals surface area contributed by atoms with E-state index in [4.69, 9.17) is 10.9 Å². The minimum atomic E-state index is -0.275. The average molecular weight is 153 g/mol. The standard InChI is InChI=1S/C7H10N2O2/c1-9(11)5-3-2-4-6(10)7(5)8/h2-4,10-11H,8H2,1H3/p-1. The second kappa shape index (κ2) is 2.67. The van der Waals surface area contributed by atoms with Crippen LogP contribution in [0.3, 0.4) is 0 Å². The summed E-state index contributed by atoms with van der Waals surface area (Å²) < 4.78 is 0. The van der Waals surface area contributed by atoms with Crippen LogP contribution in [0.2, 0.25) is 0 Å². The van der Waals surface area contributed by atoms with E-state index in [9.17, 15) is 5.11 Å². The maximum Gasteiger partial charge on any atom is 0.0853 e. The Morgan fingerprint density at radius 3 is 2.64 bits per heavy atom. The van der Waals surface area contributed by atoms with Crippen LogP contribution < -0.4 is 15.9 Å². The van der Waals surface area contributed by atoms with Gasteiger partial charge < -0.3 is 10.8 Å². The lowest BCUT2D eigenvalue weighted by atomic mass is 10.2. The molecule has 1 aromatic carbocycles. The van der Waals surface area contributed by atoms with Crippen molar-refractivity contribution in [3.05, 3.63) is 18.2 Å². The molecule has 0 bridgehead atoms. The number of nitrogen functional groups attached to an aromatic ring is 1. The molecule has 0 radical (unpaired) electrons. The van der Waals surface area contributed by atoms with Gasteiger partial charge in [-0.2, -0.15) is 0 Å². The van der Waals surface area contributed by atoms with Gasteiger partial charge in [0.15, 0.2) is 0 Å². The zero-order valence-electron chi connectivity index (χ0n) is 6.11. The molecule has 0 aliphatic heterocycles. The van der Waals surface area contributed by atoms with Gasteiger partial charge in [0, 0.05) is 12.7 Å². The number of hydrogen-bond donors (Lipinski definition) is 2. The lowest BCUT2D eigenvalue weighted by Gasteiger charge is -2.17. The lowest BCUT2D eigenvalue weighted by Crippen LogP contribution is -2.13. The number of rotatable bonds is 1. The van der Waals surface area contributed by atoms with Gasteiger partial charge in [-0.25, -0.2) is 0 Å². The van der Waals surface area contributed by atoms with Gasteiger partial charge in [-0.1, -0.05) is 17.9 Å². The summed E-state index contributed by atoms with van der Waals surface area (Å²) in [4.78, 5) is 0. The van der Waals surface area contributed by atoms with Gasteiger partial charge >= 0.3 is 0 Å². The monoisotopic (exact) mass is 153 g/mol. The number of benzene rings is 1. The zero-order valence-corrected chi connectivity index (χ0v) is 6.11. The van der Waals surface area contributed by atoms with Crippen molar-refractivity contribution >= 4 is 11.4 Å². The highest BCUT2D eigenvalue weighted by atomic mass is 16.5. The topological polar surface area (TPSA) is 72.5 Å². The van der Waals surface area contributed by atoms with E-state index in [2.05, 4.69) is 0 Å². The Bertz CT molecular complexity index is 261. The molecular formula is C7H9N2O2-. The summed E-state index contributed by atoms with van der Waals surface area (Å²) in [6, 6.07) is 4.46. The molecule has 0 aromatic heterocycles. The molecule has 1 aromatic rings. The fourth-order valence-electron chi connectivity index (χ4n) is 0.815. The molecule has 0 aliphatic carbocycles. The van der Waals surface area contributed by atoms with Crippen molar-refractivity contribution in [3.8, 4) is 5.75 Å². The molecule has 0 fully saturated rings. The Hall–Kier alpha value is -1.42. The summed E-state index contributed by atoms with van der Waals surface area (Å²) in [5.74, 6) is -0.275. The second-order valence-electron chi connectivity index (χ2n) is 2.21. The number of nitrogens with zero attached hydrogens (tertiary/aromatic N) is 1. The number of hydroxylamine groups is 1. The van der Waals surface area contributed by atoms with Crippen LogP contribution in [0.15, 0.2) is 18.2 Å². The Morgan fingerprint density at radius 1 is 1.55 bits per heavy atom. The number of para-hydroxylation sites is 1. The van der Waals surface area contributed by atoms with Crippen LogP contribution in [-0.2, 0) is 0 Å². The minimum Gasteiger partial charge on any atom is -0.871 e. The Morgan fingerprint density at radius 2 is 2.18 bits per heavy atom. The summed E-state index contributed by atoms with van der Waals surface area (Å²) >= 11 is 0. The van der Waals surface area contributed by atoms with Crippen molar-refractivity contribution in [2.45, 2.75) is 0 Å². The fourth-order valence-corrected chi connectivity index (χ4v) is 0.815. The fraction of sp³-hybridized carbons (Fsp3) is 0.143. The normalized spacial score (nSPS) is 9.64. The first-order valence-electron chi connectivity index (χ1n) is 3.11. The molecule has 0 heterocycles. The maximum atomic E-state index is 10.9. The molecule has 4 heteroatoms. The third-order valence-electron chi connectivity index (χ3n) is 1.39. The van der Waals surface area contributed by atoms with Crippen LogP contribution in [0.1, 0.15) is 0 Å². The summed E-state index contributed by atoms with van der Waals surface area (Å²) in [5.41, 5.74) is 5.77. The second-order valence-corrected chi connectivity index (χ2v) is 2.21. The largest absolute Gasteiger partial charge is 0.871 e. The molecule has 1 rings (SSSR count). The Labute approximate surface area is 64.4 Å². The highest BCUT2D eigenvalue weighted by Gasteiger charge is 2.00. The van der Waals surface area contributed by atoms with E-state index in [-0.39, 0.29) is 11.4 Å². The van der Waals surface area contributed by atoms with Crippen LogP contribution in [0.4, 0.5) is 11.4 Å². The molecule has 3 N–H and O–H groups in total. The first kappa shape index (κ1) is 7.68. The van der Waals surface area contributed by atoms with E-state index in [1.807, 2.05) is 0 Å². The predicted octanol–water partition coefficient (Wildman–Crippen LogP) is 0.168. The van der Waals surface area contributed by atoms with Crippen LogP contribution in [0, 0.1) is 0 Å². The molecule has 0 atom stereocenters. The molecule has 0 saturated heterocycles. The molecular weight excluding hydrogens is 144 g/mol. The lowest BCUT2D eigenvalue weighted by molar-refractivity contribution is -0.267.